The molecule has 1 aromatic heterocycles. The zero-order valence-electron chi connectivity index (χ0n) is 8.93. The van der Waals surface area contributed by atoms with Gasteiger partial charge in [0.15, 0.2) is 0 Å². The van der Waals surface area contributed by atoms with Crippen LogP contribution in [0.15, 0.2) is 24.3 Å². The van der Waals surface area contributed by atoms with Gasteiger partial charge in [0.1, 0.15) is 6.54 Å². The molecule has 0 saturated carbocycles. The maximum absolute atomic E-state index is 11.4. The Hall–Kier alpha value is -2.37. The Labute approximate surface area is 96.6 Å². The Balaban J connectivity index is 1.90. The fraction of sp³-hybridized carbons (Fsp3) is 0.182. The Morgan fingerprint density at radius 3 is 2.88 bits per heavy atom. The van der Waals surface area contributed by atoms with Crippen LogP contribution in [0.1, 0.15) is 5.69 Å². The number of aromatic nitrogens is 2. The maximum Gasteiger partial charge on any atom is 0.324 e. The highest BCUT2D eigenvalue weighted by atomic mass is 16.2. The van der Waals surface area contributed by atoms with Crippen molar-refractivity contribution in [3.8, 4) is 0 Å². The quantitative estimate of drug-likeness (QED) is 0.742. The second kappa shape index (κ2) is 3.58. The van der Waals surface area contributed by atoms with Gasteiger partial charge in [-0.2, -0.15) is 5.10 Å². The Morgan fingerprint density at radius 2 is 2.12 bits per heavy atom. The van der Waals surface area contributed by atoms with E-state index in [1.165, 1.54) is 4.90 Å². The van der Waals surface area contributed by atoms with Gasteiger partial charge in [-0.15, -0.1) is 0 Å². The molecule has 3 rings (SSSR count). The number of nitrogens with one attached hydrogen (secondary N) is 2. The van der Waals surface area contributed by atoms with Gasteiger partial charge in [0, 0.05) is 5.39 Å². The number of amides is 3. The molecule has 3 amide bonds. The largest absolute Gasteiger partial charge is 0.324 e. The molecule has 0 bridgehead atoms. The minimum absolute atomic E-state index is 0.103. The van der Waals surface area contributed by atoms with Gasteiger partial charge in [-0.3, -0.25) is 15.2 Å². The molecule has 0 spiro atoms. The number of rotatable bonds is 2. The number of imide groups is 1. The first-order chi connectivity index (χ1) is 8.24. The predicted octanol–water partition coefficient (Wildman–Crippen LogP) is 0.615. The van der Waals surface area contributed by atoms with Crippen molar-refractivity contribution in [1.29, 1.82) is 0 Å². The van der Waals surface area contributed by atoms with Gasteiger partial charge in [-0.25, -0.2) is 4.79 Å². The molecule has 1 fully saturated rings. The molecule has 2 heterocycles. The molecule has 17 heavy (non-hydrogen) atoms. The van der Waals surface area contributed by atoms with Crippen molar-refractivity contribution in [1.82, 2.24) is 20.4 Å². The van der Waals surface area contributed by atoms with E-state index >= 15 is 0 Å². The van der Waals surface area contributed by atoms with Crippen LogP contribution in [0, 0.1) is 0 Å². The fourth-order valence-corrected chi connectivity index (χ4v) is 1.94. The Bertz CT molecular complexity index is 604. The highest BCUT2D eigenvalue weighted by molar-refractivity contribution is 6.01. The van der Waals surface area contributed by atoms with Crippen molar-refractivity contribution in [3.63, 3.8) is 0 Å². The number of para-hydroxylation sites is 1. The second-order valence-corrected chi connectivity index (χ2v) is 3.93. The van der Waals surface area contributed by atoms with Crippen molar-refractivity contribution >= 4 is 22.8 Å². The first-order valence-electron chi connectivity index (χ1n) is 5.25. The number of benzene rings is 1. The summed E-state index contributed by atoms with van der Waals surface area (Å²) in [4.78, 5) is 23.9. The van der Waals surface area contributed by atoms with Crippen molar-refractivity contribution in [2.24, 2.45) is 0 Å². The Kier molecular flexibility index (Phi) is 2.07. The summed E-state index contributed by atoms with van der Waals surface area (Å²) in [7, 11) is 0. The van der Waals surface area contributed by atoms with E-state index < -0.39 is 0 Å². The van der Waals surface area contributed by atoms with E-state index in [1.807, 2.05) is 24.3 Å². The average molecular weight is 230 g/mol. The lowest BCUT2D eigenvalue weighted by atomic mass is 10.2. The minimum Gasteiger partial charge on any atom is -0.309 e. The minimum atomic E-state index is -0.353. The number of carbonyl (C=O) groups excluding carboxylic acids is 2. The number of aromatic amines is 1. The summed E-state index contributed by atoms with van der Waals surface area (Å²) < 4.78 is 0. The smallest absolute Gasteiger partial charge is 0.309 e. The monoisotopic (exact) mass is 230 g/mol. The van der Waals surface area contributed by atoms with E-state index in [-0.39, 0.29) is 18.5 Å². The highest BCUT2D eigenvalue weighted by Gasteiger charge is 2.27. The van der Waals surface area contributed by atoms with Gasteiger partial charge in [0.2, 0.25) is 5.91 Å². The third kappa shape index (κ3) is 1.63. The molecular weight excluding hydrogens is 220 g/mol. The molecule has 6 heteroatoms. The van der Waals surface area contributed by atoms with Crippen molar-refractivity contribution < 1.29 is 9.59 Å². The van der Waals surface area contributed by atoms with Crippen LogP contribution in [0.2, 0.25) is 0 Å². The van der Waals surface area contributed by atoms with Gasteiger partial charge in [0.25, 0.3) is 0 Å². The number of H-pyrrole nitrogens is 1. The summed E-state index contributed by atoms with van der Waals surface area (Å²) in [5.41, 5.74) is 1.69. The molecule has 1 aromatic carbocycles. The summed E-state index contributed by atoms with van der Waals surface area (Å²) >= 11 is 0. The van der Waals surface area contributed by atoms with Crippen molar-refractivity contribution in [3.05, 3.63) is 30.0 Å². The van der Waals surface area contributed by atoms with Crippen LogP contribution in [-0.2, 0) is 11.3 Å². The van der Waals surface area contributed by atoms with Crippen LogP contribution in [-0.4, -0.2) is 33.6 Å². The van der Waals surface area contributed by atoms with Crippen LogP contribution in [0.4, 0.5) is 4.79 Å². The molecule has 1 saturated heterocycles. The van der Waals surface area contributed by atoms with E-state index in [9.17, 15) is 9.59 Å². The molecule has 0 aliphatic carbocycles. The summed E-state index contributed by atoms with van der Waals surface area (Å²) in [5.74, 6) is -0.265. The third-order valence-corrected chi connectivity index (χ3v) is 2.76. The third-order valence-electron chi connectivity index (χ3n) is 2.76. The molecule has 2 N–H and O–H groups in total. The van der Waals surface area contributed by atoms with Gasteiger partial charge in [-0.1, -0.05) is 18.2 Å². The van der Waals surface area contributed by atoms with Crippen LogP contribution in [0.5, 0.6) is 0 Å². The standard InChI is InChI=1S/C11H10N4O2/c16-10-6-15(11(17)12-10)5-9-7-3-1-2-4-8(7)13-14-9/h1-4H,5-6H2,(H,13,14)(H,12,16,17). The molecule has 0 atom stereocenters. The van der Waals surface area contributed by atoms with Gasteiger partial charge >= 0.3 is 6.03 Å². The number of hydrogen-bond acceptors (Lipinski definition) is 3. The lowest BCUT2D eigenvalue weighted by Crippen LogP contribution is -2.27. The molecule has 2 aromatic rings. The predicted molar refractivity (Wildman–Crippen MR) is 60.0 cm³/mol. The van der Waals surface area contributed by atoms with Gasteiger partial charge in [0.05, 0.1) is 17.8 Å². The first kappa shape index (κ1) is 9.83. The molecule has 1 aliphatic heterocycles. The second-order valence-electron chi connectivity index (χ2n) is 3.93. The molecule has 86 valence electrons. The summed E-state index contributed by atoms with van der Waals surface area (Å²) in [6.45, 7) is 0.463. The zero-order valence-corrected chi connectivity index (χ0v) is 8.93. The number of carbonyl (C=O) groups is 2. The zero-order chi connectivity index (χ0) is 11.8. The first-order valence-corrected chi connectivity index (χ1v) is 5.25. The topological polar surface area (TPSA) is 78.1 Å². The van der Waals surface area contributed by atoms with E-state index in [2.05, 4.69) is 15.5 Å². The van der Waals surface area contributed by atoms with Crippen molar-refractivity contribution in [2.45, 2.75) is 6.54 Å². The number of nitrogens with zero attached hydrogens (tertiary/aromatic N) is 2. The number of urea groups is 1. The number of fused-ring (bicyclic) bond motifs is 1. The van der Waals surface area contributed by atoms with Crippen LogP contribution < -0.4 is 5.32 Å². The Morgan fingerprint density at radius 1 is 1.29 bits per heavy atom. The average Bonchev–Trinajstić information content (AvgIpc) is 2.85. The highest BCUT2D eigenvalue weighted by Crippen LogP contribution is 2.17. The van der Waals surface area contributed by atoms with E-state index in [0.717, 1.165) is 16.6 Å². The maximum atomic E-state index is 11.4. The van der Waals surface area contributed by atoms with Gasteiger partial charge in [-0.05, 0) is 6.07 Å². The van der Waals surface area contributed by atoms with Gasteiger partial charge < -0.3 is 4.90 Å². The lowest BCUT2D eigenvalue weighted by Gasteiger charge is -2.11. The molecule has 0 radical (unpaired) electrons. The van der Waals surface area contributed by atoms with E-state index in [4.69, 9.17) is 0 Å². The molecule has 0 unspecified atom stereocenters. The summed E-state index contributed by atoms with van der Waals surface area (Å²) in [6, 6.07) is 7.29. The molecule has 6 nitrogen and oxygen atoms in total. The molecular formula is C11H10N4O2. The fourth-order valence-electron chi connectivity index (χ4n) is 1.94. The summed E-state index contributed by atoms with van der Waals surface area (Å²) in [6.07, 6.45) is 0. The van der Waals surface area contributed by atoms with Crippen molar-refractivity contribution in [2.75, 3.05) is 6.54 Å². The van der Waals surface area contributed by atoms with E-state index in [1.54, 1.807) is 0 Å². The van der Waals surface area contributed by atoms with Crippen LogP contribution >= 0.6 is 0 Å². The van der Waals surface area contributed by atoms with E-state index in [0.29, 0.717) is 6.54 Å². The normalized spacial score (nSPS) is 15.6. The molecule has 1 aliphatic rings. The number of hydrogen-bond donors (Lipinski definition) is 2. The van der Waals surface area contributed by atoms with Crippen LogP contribution in [0.25, 0.3) is 10.9 Å². The van der Waals surface area contributed by atoms with Crippen LogP contribution in [0.3, 0.4) is 0 Å². The lowest BCUT2D eigenvalue weighted by molar-refractivity contribution is -0.118. The summed E-state index contributed by atoms with van der Waals surface area (Å²) in [5, 5.41) is 10.2. The SMILES string of the molecule is O=C1CN(Cc2[nH]nc3ccccc23)C(=O)N1.